The van der Waals surface area contributed by atoms with Gasteiger partial charge in [0.25, 0.3) is 0 Å². The van der Waals surface area contributed by atoms with Gasteiger partial charge in [0.05, 0.1) is 7.11 Å². The molecule has 22 heavy (non-hydrogen) atoms. The smallest absolute Gasteiger partial charge is 0.340 e. The van der Waals surface area contributed by atoms with Crippen LogP contribution in [0.4, 0.5) is 0 Å². The quantitative estimate of drug-likeness (QED) is 0.619. The lowest BCUT2D eigenvalue weighted by atomic mass is 10.1. The molecule has 0 unspecified atom stereocenters. The molecule has 0 aliphatic heterocycles. The molecule has 4 nitrogen and oxygen atoms in total. The average molecular weight is 316 g/mol. The first-order chi connectivity index (χ1) is 10.6. The molecule has 2 aromatic carbocycles. The molecular formula is C17H16O4S. The molecule has 0 heterocycles. The number of carboxylic acids is 1. The Labute approximate surface area is 134 Å². The molecule has 0 fully saturated rings. The molecule has 0 bridgehead atoms. The standard InChI is InChI=1S/C17H16O4S/c1-3-5-11-8-9-12(14(10-11)20-2)21-13-6-4-7-15(22)16(13)17(18)19/h3-4,6-10,22H,1,5H2,2H3,(H,18,19). The van der Waals surface area contributed by atoms with Gasteiger partial charge in [-0.05, 0) is 36.2 Å². The highest BCUT2D eigenvalue weighted by Crippen LogP contribution is 2.35. The van der Waals surface area contributed by atoms with E-state index in [2.05, 4.69) is 19.2 Å². The Morgan fingerprint density at radius 3 is 2.68 bits per heavy atom. The van der Waals surface area contributed by atoms with E-state index in [4.69, 9.17) is 9.47 Å². The Morgan fingerprint density at radius 2 is 2.05 bits per heavy atom. The molecule has 0 aliphatic carbocycles. The monoisotopic (exact) mass is 316 g/mol. The molecule has 0 aliphatic rings. The average Bonchev–Trinajstić information content (AvgIpc) is 2.48. The van der Waals surface area contributed by atoms with Gasteiger partial charge in [0.15, 0.2) is 11.5 Å². The molecular weight excluding hydrogens is 300 g/mol. The van der Waals surface area contributed by atoms with E-state index in [0.29, 0.717) is 22.8 Å². The zero-order valence-electron chi connectivity index (χ0n) is 12.1. The first kappa shape index (κ1) is 16.0. The lowest BCUT2D eigenvalue weighted by Gasteiger charge is -2.14. The van der Waals surface area contributed by atoms with E-state index in [9.17, 15) is 9.90 Å². The predicted molar refractivity (Wildman–Crippen MR) is 87.6 cm³/mol. The number of methoxy groups -OCH3 is 1. The summed E-state index contributed by atoms with van der Waals surface area (Å²) in [6.45, 7) is 3.70. The zero-order chi connectivity index (χ0) is 16.1. The fourth-order valence-corrected chi connectivity index (χ4v) is 2.32. The normalized spacial score (nSPS) is 10.1. The highest BCUT2D eigenvalue weighted by atomic mass is 32.1. The first-order valence-electron chi connectivity index (χ1n) is 6.57. The minimum atomic E-state index is -1.09. The number of benzene rings is 2. The van der Waals surface area contributed by atoms with Crippen LogP contribution in [0.3, 0.4) is 0 Å². The topological polar surface area (TPSA) is 55.8 Å². The summed E-state index contributed by atoms with van der Waals surface area (Å²) < 4.78 is 11.0. The molecule has 0 atom stereocenters. The first-order valence-corrected chi connectivity index (χ1v) is 7.02. The molecule has 0 saturated carbocycles. The van der Waals surface area contributed by atoms with Crippen LogP contribution in [-0.4, -0.2) is 18.2 Å². The summed E-state index contributed by atoms with van der Waals surface area (Å²) in [6, 6.07) is 10.3. The third-order valence-corrected chi connectivity index (χ3v) is 3.42. The molecule has 114 valence electrons. The summed E-state index contributed by atoms with van der Waals surface area (Å²) in [6.07, 6.45) is 2.51. The summed E-state index contributed by atoms with van der Waals surface area (Å²) in [5.41, 5.74) is 1.05. The number of carboxylic acid groups (broad SMARTS) is 1. The number of ether oxygens (including phenoxy) is 2. The van der Waals surface area contributed by atoms with Gasteiger partial charge in [-0.25, -0.2) is 4.79 Å². The van der Waals surface area contributed by atoms with Crippen molar-refractivity contribution in [3.63, 3.8) is 0 Å². The number of allylic oxidation sites excluding steroid dienone is 1. The van der Waals surface area contributed by atoms with Crippen LogP contribution in [-0.2, 0) is 6.42 Å². The van der Waals surface area contributed by atoms with Gasteiger partial charge in [-0.1, -0.05) is 18.2 Å². The number of aromatic carboxylic acids is 1. The summed E-state index contributed by atoms with van der Waals surface area (Å²) in [4.78, 5) is 11.7. The maximum Gasteiger partial charge on any atom is 0.340 e. The van der Waals surface area contributed by atoms with Gasteiger partial charge in [-0.15, -0.1) is 19.2 Å². The van der Waals surface area contributed by atoms with E-state index in [1.54, 1.807) is 30.3 Å². The molecule has 5 heteroatoms. The van der Waals surface area contributed by atoms with Crippen LogP contribution in [0.2, 0.25) is 0 Å². The lowest BCUT2D eigenvalue weighted by molar-refractivity contribution is 0.0690. The third-order valence-electron chi connectivity index (χ3n) is 3.05. The lowest BCUT2D eigenvalue weighted by Crippen LogP contribution is -2.02. The van der Waals surface area contributed by atoms with Gasteiger partial charge in [0, 0.05) is 4.90 Å². The van der Waals surface area contributed by atoms with Crippen molar-refractivity contribution in [1.29, 1.82) is 0 Å². The molecule has 2 rings (SSSR count). The van der Waals surface area contributed by atoms with Crippen LogP contribution in [0.1, 0.15) is 15.9 Å². The van der Waals surface area contributed by atoms with Crippen molar-refractivity contribution in [3.8, 4) is 17.2 Å². The minimum Gasteiger partial charge on any atom is -0.493 e. The van der Waals surface area contributed by atoms with Crippen molar-refractivity contribution in [2.75, 3.05) is 7.11 Å². The minimum absolute atomic E-state index is 0.0167. The van der Waals surface area contributed by atoms with Gasteiger partial charge < -0.3 is 14.6 Å². The van der Waals surface area contributed by atoms with Crippen molar-refractivity contribution in [1.82, 2.24) is 0 Å². The van der Waals surface area contributed by atoms with E-state index >= 15 is 0 Å². The summed E-state index contributed by atoms with van der Waals surface area (Å²) in [5.74, 6) is 0.0922. The maximum atomic E-state index is 11.4. The van der Waals surface area contributed by atoms with Gasteiger partial charge in [-0.2, -0.15) is 0 Å². The Hall–Kier alpha value is -2.40. The van der Waals surface area contributed by atoms with Crippen molar-refractivity contribution in [2.24, 2.45) is 0 Å². The zero-order valence-corrected chi connectivity index (χ0v) is 13.0. The Morgan fingerprint density at radius 1 is 1.27 bits per heavy atom. The molecule has 0 aromatic heterocycles. The SMILES string of the molecule is C=CCc1ccc(Oc2cccc(S)c2C(=O)O)c(OC)c1. The van der Waals surface area contributed by atoms with Crippen molar-refractivity contribution in [2.45, 2.75) is 11.3 Å². The van der Waals surface area contributed by atoms with Crippen LogP contribution in [0.15, 0.2) is 53.9 Å². The van der Waals surface area contributed by atoms with Crippen molar-refractivity contribution < 1.29 is 19.4 Å². The number of hydrogen-bond acceptors (Lipinski definition) is 4. The summed E-state index contributed by atoms with van der Waals surface area (Å²) in [5, 5.41) is 9.29. The second kappa shape index (κ2) is 7.04. The summed E-state index contributed by atoms with van der Waals surface area (Å²) >= 11 is 4.16. The Kier molecular flexibility index (Phi) is 5.12. The van der Waals surface area contributed by atoms with E-state index < -0.39 is 5.97 Å². The van der Waals surface area contributed by atoms with Crippen LogP contribution >= 0.6 is 12.6 Å². The third kappa shape index (κ3) is 3.43. The van der Waals surface area contributed by atoms with Crippen molar-refractivity contribution >= 4 is 18.6 Å². The second-order valence-corrected chi connectivity index (χ2v) is 5.02. The molecule has 1 N–H and O–H groups in total. The fourth-order valence-electron chi connectivity index (χ4n) is 2.03. The van der Waals surface area contributed by atoms with E-state index in [1.165, 1.54) is 7.11 Å². The van der Waals surface area contributed by atoms with Crippen LogP contribution in [0, 0.1) is 0 Å². The van der Waals surface area contributed by atoms with Gasteiger partial charge in [0.1, 0.15) is 11.3 Å². The molecule has 0 spiro atoms. The number of hydrogen-bond donors (Lipinski definition) is 2. The molecule has 2 aromatic rings. The number of rotatable bonds is 6. The molecule has 0 radical (unpaired) electrons. The van der Waals surface area contributed by atoms with E-state index in [1.807, 2.05) is 12.1 Å². The highest BCUT2D eigenvalue weighted by molar-refractivity contribution is 7.80. The Balaban J connectivity index is 2.41. The predicted octanol–water partition coefficient (Wildman–Crippen LogP) is 4.20. The van der Waals surface area contributed by atoms with E-state index in [0.717, 1.165) is 5.56 Å². The Bertz CT molecular complexity index is 710. The fraction of sp³-hybridized carbons (Fsp3) is 0.118. The van der Waals surface area contributed by atoms with Gasteiger partial charge >= 0.3 is 5.97 Å². The van der Waals surface area contributed by atoms with Crippen molar-refractivity contribution in [3.05, 3.63) is 60.2 Å². The molecule has 0 amide bonds. The molecule has 0 saturated heterocycles. The van der Waals surface area contributed by atoms with Crippen LogP contribution in [0.25, 0.3) is 0 Å². The number of carbonyl (C=O) groups is 1. The van der Waals surface area contributed by atoms with E-state index in [-0.39, 0.29) is 11.3 Å². The van der Waals surface area contributed by atoms with Gasteiger partial charge in [-0.3, -0.25) is 0 Å². The maximum absolute atomic E-state index is 11.4. The van der Waals surface area contributed by atoms with Gasteiger partial charge in [0.2, 0.25) is 0 Å². The highest BCUT2D eigenvalue weighted by Gasteiger charge is 2.17. The van der Waals surface area contributed by atoms with Crippen LogP contribution in [0.5, 0.6) is 17.2 Å². The summed E-state index contributed by atoms with van der Waals surface area (Å²) in [7, 11) is 1.53. The largest absolute Gasteiger partial charge is 0.493 e. The number of thiol groups is 1. The second-order valence-electron chi connectivity index (χ2n) is 4.54. The van der Waals surface area contributed by atoms with Crippen LogP contribution < -0.4 is 9.47 Å².